The van der Waals surface area contributed by atoms with Gasteiger partial charge in [-0.3, -0.25) is 19.3 Å². The average molecular weight is 341 g/mol. The lowest BCUT2D eigenvalue weighted by Gasteiger charge is -2.25. The molecule has 0 spiro atoms. The van der Waals surface area contributed by atoms with Crippen LogP contribution in [-0.2, 0) is 16.6 Å². The molecule has 0 aromatic carbocycles. The molecule has 1 saturated heterocycles. The van der Waals surface area contributed by atoms with Crippen LogP contribution in [0.2, 0.25) is 0 Å². The molecule has 25 heavy (non-hydrogen) atoms. The minimum atomic E-state index is -0.430. The van der Waals surface area contributed by atoms with Gasteiger partial charge in [-0.25, -0.2) is 0 Å². The van der Waals surface area contributed by atoms with Gasteiger partial charge in [0, 0.05) is 44.7 Å². The predicted molar refractivity (Wildman–Crippen MR) is 92.4 cm³/mol. The van der Waals surface area contributed by atoms with E-state index in [0.717, 1.165) is 16.8 Å². The Labute approximate surface area is 147 Å². The van der Waals surface area contributed by atoms with Gasteiger partial charge in [-0.2, -0.15) is 5.10 Å². The number of aromatic nitrogens is 3. The molecule has 3 heterocycles. The first-order valence-electron chi connectivity index (χ1n) is 8.34. The molecule has 3 atom stereocenters. The summed E-state index contributed by atoms with van der Waals surface area (Å²) in [6, 6.07) is 3.27. The summed E-state index contributed by atoms with van der Waals surface area (Å²) in [6.07, 6.45) is 5.52. The number of nitrogens with zero attached hydrogens (tertiary/aromatic N) is 4. The molecule has 0 aliphatic carbocycles. The number of aryl methyl sites for hydroxylation is 2. The molecule has 1 N–H and O–H groups in total. The van der Waals surface area contributed by atoms with Crippen molar-refractivity contribution in [1.29, 1.82) is 0 Å². The zero-order chi connectivity index (χ0) is 18.1. The van der Waals surface area contributed by atoms with E-state index in [-0.39, 0.29) is 30.3 Å². The monoisotopic (exact) mass is 341 g/mol. The summed E-state index contributed by atoms with van der Waals surface area (Å²) in [5.41, 5.74) is 2.74. The summed E-state index contributed by atoms with van der Waals surface area (Å²) in [5.74, 6) is -0.581. The zero-order valence-electron chi connectivity index (χ0n) is 14.9. The normalized spacial score (nSPS) is 21.4. The van der Waals surface area contributed by atoms with Crippen LogP contribution in [-0.4, -0.2) is 38.5 Å². The number of rotatable bonds is 4. The van der Waals surface area contributed by atoms with Crippen LogP contribution in [0.25, 0.3) is 0 Å². The van der Waals surface area contributed by atoms with Crippen molar-refractivity contribution in [2.45, 2.75) is 32.4 Å². The van der Waals surface area contributed by atoms with Crippen molar-refractivity contribution in [1.82, 2.24) is 25.0 Å². The molecule has 0 radical (unpaired) electrons. The van der Waals surface area contributed by atoms with Gasteiger partial charge in [0.15, 0.2) is 0 Å². The van der Waals surface area contributed by atoms with Gasteiger partial charge in [-0.15, -0.1) is 0 Å². The van der Waals surface area contributed by atoms with E-state index >= 15 is 0 Å². The van der Waals surface area contributed by atoms with Gasteiger partial charge in [0.25, 0.3) is 0 Å². The number of carbonyl (C=O) groups excluding carboxylic acids is 2. The van der Waals surface area contributed by atoms with E-state index in [1.54, 1.807) is 29.0 Å². The largest absolute Gasteiger partial charge is 0.349 e. The molecular formula is C18H23N5O2. The maximum absolute atomic E-state index is 12.9. The fourth-order valence-electron chi connectivity index (χ4n) is 3.55. The highest BCUT2D eigenvalue weighted by atomic mass is 16.2. The van der Waals surface area contributed by atoms with Crippen LogP contribution in [0.15, 0.2) is 30.7 Å². The van der Waals surface area contributed by atoms with E-state index in [2.05, 4.69) is 15.4 Å². The first-order chi connectivity index (χ1) is 11.9. The number of hydrogen-bond acceptors (Lipinski definition) is 4. The van der Waals surface area contributed by atoms with Crippen molar-refractivity contribution < 1.29 is 9.59 Å². The minimum absolute atomic E-state index is 0.0285. The Balaban J connectivity index is 1.80. The van der Waals surface area contributed by atoms with Crippen LogP contribution in [0.1, 0.15) is 42.2 Å². The van der Waals surface area contributed by atoms with Crippen LogP contribution >= 0.6 is 0 Å². The smallest absolute Gasteiger partial charge is 0.226 e. The molecule has 1 aliphatic heterocycles. The van der Waals surface area contributed by atoms with Gasteiger partial charge in [0.2, 0.25) is 11.8 Å². The van der Waals surface area contributed by atoms with E-state index in [9.17, 15) is 9.59 Å². The number of amides is 2. The van der Waals surface area contributed by atoms with E-state index in [4.69, 9.17) is 0 Å². The molecule has 0 bridgehead atoms. The number of hydrogen-bond donors (Lipinski definition) is 1. The second kappa shape index (κ2) is 6.66. The molecule has 3 rings (SSSR count). The predicted octanol–water partition coefficient (Wildman–Crippen LogP) is 1.52. The molecule has 2 aromatic heterocycles. The highest BCUT2D eigenvalue weighted by Crippen LogP contribution is 2.37. The first kappa shape index (κ1) is 17.1. The Bertz CT molecular complexity index is 786. The molecule has 7 heteroatoms. The summed E-state index contributed by atoms with van der Waals surface area (Å²) in [6.45, 7) is 3.85. The molecular weight excluding hydrogens is 318 g/mol. The van der Waals surface area contributed by atoms with E-state index < -0.39 is 5.92 Å². The van der Waals surface area contributed by atoms with Gasteiger partial charge in [0.05, 0.1) is 23.7 Å². The fourth-order valence-corrected chi connectivity index (χ4v) is 3.55. The Hall–Kier alpha value is -2.70. The summed E-state index contributed by atoms with van der Waals surface area (Å²) in [7, 11) is 3.59. The Kier molecular flexibility index (Phi) is 4.57. The molecule has 2 aromatic rings. The van der Waals surface area contributed by atoms with Crippen LogP contribution in [0.5, 0.6) is 0 Å². The van der Waals surface area contributed by atoms with E-state index in [1.165, 1.54) is 0 Å². The van der Waals surface area contributed by atoms with Crippen molar-refractivity contribution in [2.24, 2.45) is 13.0 Å². The summed E-state index contributed by atoms with van der Waals surface area (Å²) in [4.78, 5) is 30.8. The molecule has 1 fully saturated rings. The summed E-state index contributed by atoms with van der Waals surface area (Å²) >= 11 is 0. The second-order valence-corrected chi connectivity index (χ2v) is 6.62. The van der Waals surface area contributed by atoms with Crippen LogP contribution in [0.3, 0.4) is 0 Å². The third-order valence-electron chi connectivity index (χ3n) is 4.83. The molecule has 7 nitrogen and oxygen atoms in total. The number of carbonyl (C=O) groups is 2. The van der Waals surface area contributed by atoms with Gasteiger partial charge in [-0.05, 0) is 25.5 Å². The van der Waals surface area contributed by atoms with Crippen LogP contribution in [0, 0.1) is 12.8 Å². The van der Waals surface area contributed by atoms with Gasteiger partial charge in [-0.1, -0.05) is 6.07 Å². The lowest BCUT2D eigenvalue weighted by Crippen LogP contribution is -2.36. The maximum Gasteiger partial charge on any atom is 0.226 e. The van der Waals surface area contributed by atoms with E-state index in [1.807, 2.05) is 39.2 Å². The van der Waals surface area contributed by atoms with E-state index in [0.29, 0.717) is 0 Å². The van der Waals surface area contributed by atoms with Crippen molar-refractivity contribution >= 4 is 11.8 Å². The topological polar surface area (TPSA) is 80.1 Å². The third-order valence-corrected chi connectivity index (χ3v) is 4.83. The average Bonchev–Trinajstić information content (AvgIpc) is 3.07. The van der Waals surface area contributed by atoms with Gasteiger partial charge in [0.1, 0.15) is 0 Å². The molecule has 1 aliphatic rings. The molecule has 0 unspecified atom stereocenters. The van der Waals surface area contributed by atoms with Gasteiger partial charge < -0.3 is 10.2 Å². The highest BCUT2D eigenvalue weighted by molar-refractivity contribution is 5.90. The second-order valence-electron chi connectivity index (χ2n) is 6.62. The first-order valence-corrected chi connectivity index (χ1v) is 8.34. The lowest BCUT2D eigenvalue weighted by atomic mass is 9.93. The third kappa shape index (κ3) is 3.26. The summed E-state index contributed by atoms with van der Waals surface area (Å²) < 4.78 is 1.73. The molecule has 2 amide bonds. The van der Waals surface area contributed by atoms with Crippen LogP contribution < -0.4 is 5.32 Å². The standard InChI is InChI=1S/C18H23N5O2/c1-11(15-10-22(3)21-12(15)2)20-18(25)14-8-16(24)23(4)17(14)13-6-5-7-19-9-13/h5-7,9-11,14,17H,8H2,1-4H3,(H,20,25)/t11-,14+,17-/m0/s1. The van der Waals surface area contributed by atoms with Crippen molar-refractivity contribution in [2.75, 3.05) is 7.05 Å². The molecule has 0 saturated carbocycles. The quantitative estimate of drug-likeness (QED) is 0.914. The fraction of sp³-hybridized carbons (Fsp3) is 0.444. The Morgan fingerprint density at radius 1 is 1.40 bits per heavy atom. The maximum atomic E-state index is 12.9. The number of nitrogens with one attached hydrogen (secondary N) is 1. The van der Waals surface area contributed by atoms with Crippen molar-refractivity contribution in [3.05, 3.63) is 47.5 Å². The van der Waals surface area contributed by atoms with Gasteiger partial charge >= 0.3 is 0 Å². The van der Waals surface area contributed by atoms with Crippen molar-refractivity contribution in [3.63, 3.8) is 0 Å². The number of pyridine rings is 1. The molecule has 132 valence electrons. The van der Waals surface area contributed by atoms with Crippen molar-refractivity contribution in [3.8, 4) is 0 Å². The minimum Gasteiger partial charge on any atom is -0.349 e. The Morgan fingerprint density at radius 3 is 2.76 bits per heavy atom. The SMILES string of the molecule is Cc1nn(C)cc1[C@H](C)NC(=O)[C@@H]1CC(=O)N(C)[C@H]1c1cccnc1. The number of likely N-dealkylation sites (tertiary alicyclic amines) is 1. The lowest BCUT2D eigenvalue weighted by molar-refractivity contribution is -0.128. The summed E-state index contributed by atoms with van der Waals surface area (Å²) in [5, 5.41) is 7.36. The zero-order valence-corrected chi connectivity index (χ0v) is 14.9. The Morgan fingerprint density at radius 2 is 2.16 bits per heavy atom. The van der Waals surface area contributed by atoms with Crippen LogP contribution in [0.4, 0.5) is 0 Å². The highest BCUT2D eigenvalue weighted by Gasteiger charge is 2.43.